The molecule has 0 aromatic carbocycles. The lowest BCUT2D eigenvalue weighted by Gasteiger charge is -2.28. The topological polar surface area (TPSA) is 39.1 Å². The molecular formula is C14H25N3O. The summed E-state index contributed by atoms with van der Waals surface area (Å²) in [7, 11) is 0. The summed E-state index contributed by atoms with van der Waals surface area (Å²) in [5.74, 6) is 0.739. The van der Waals surface area contributed by atoms with Crippen molar-refractivity contribution in [2.75, 3.05) is 19.7 Å². The normalized spacial score (nSPS) is 24.3. The van der Waals surface area contributed by atoms with Gasteiger partial charge in [-0.25, -0.2) is 0 Å². The number of aromatic nitrogens is 2. The molecule has 0 unspecified atom stereocenters. The fourth-order valence-corrected chi connectivity index (χ4v) is 2.56. The van der Waals surface area contributed by atoms with Gasteiger partial charge >= 0.3 is 0 Å². The molecule has 0 aliphatic heterocycles. The molecule has 0 radical (unpaired) electrons. The van der Waals surface area contributed by atoms with Crippen LogP contribution in [0.15, 0.2) is 18.5 Å². The highest BCUT2D eigenvalue weighted by molar-refractivity contribution is 4.77. The molecule has 1 saturated carbocycles. The summed E-state index contributed by atoms with van der Waals surface area (Å²) in [5.41, 5.74) is 0. The van der Waals surface area contributed by atoms with E-state index in [9.17, 15) is 0 Å². The largest absolute Gasteiger partial charge is 0.377 e. The molecule has 4 nitrogen and oxygen atoms in total. The van der Waals surface area contributed by atoms with Crippen molar-refractivity contribution in [3.05, 3.63) is 18.5 Å². The van der Waals surface area contributed by atoms with E-state index in [0.29, 0.717) is 6.10 Å². The highest BCUT2D eigenvalue weighted by atomic mass is 16.5. The Morgan fingerprint density at radius 3 is 3.00 bits per heavy atom. The molecule has 1 aliphatic rings. The maximum atomic E-state index is 5.95. The Balaban J connectivity index is 1.48. The lowest BCUT2D eigenvalue weighted by atomic mass is 9.88. The first-order valence-corrected chi connectivity index (χ1v) is 7.16. The lowest BCUT2D eigenvalue weighted by molar-refractivity contribution is -0.00314. The first-order valence-electron chi connectivity index (χ1n) is 7.16. The van der Waals surface area contributed by atoms with Gasteiger partial charge in [0.2, 0.25) is 0 Å². The van der Waals surface area contributed by atoms with Gasteiger partial charge in [0.1, 0.15) is 0 Å². The Labute approximate surface area is 110 Å². The number of ether oxygens (including phenoxy) is 1. The van der Waals surface area contributed by atoms with E-state index >= 15 is 0 Å². The van der Waals surface area contributed by atoms with Gasteiger partial charge in [-0.1, -0.05) is 19.8 Å². The van der Waals surface area contributed by atoms with Gasteiger partial charge < -0.3 is 10.1 Å². The monoisotopic (exact) mass is 251 g/mol. The summed E-state index contributed by atoms with van der Waals surface area (Å²) in [5, 5.41) is 7.56. The second kappa shape index (κ2) is 7.54. The standard InChI is InChI=1S/C14H25N3O/c1-13-5-2-3-6-14(13)18-12-9-15-8-11-17-10-4-7-16-17/h4,7,10,13-15H,2-3,5-6,8-9,11-12H2,1H3/t13-,14-/m0/s1. The number of rotatable bonds is 7. The second-order valence-corrected chi connectivity index (χ2v) is 5.19. The van der Waals surface area contributed by atoms with E-state index < -0.39 is 0 Å². The van der Waals surface area contributed by atoms with Gasteiger partial charge in [0.25, 0.3) is 0 Å². The van der Waals surface area contributed by atoms with Gasteiger partial charge in [0.05, 0.1) is 19.3 Å². The van der Waals surface area contributed by atoms with Crippen LogP contribution in [-0.2, 0) is 11.3 Å². The van der Waals surface area contributed by atoms with Crippen molar-refractivity contribution in [2.24, 2.45) is 5.92 Å². The van der Waals surface area contributed by atoms with Gasteiger partial charge in [0, 0.05) is 25.5 Å². The minimum Gasteiger partial charge on any atom is -0.377 e. The molecule has 1 fully saturated rings. The van der Waals surface area contributed by atoms with E-state index in [4.69, 9.17) is 4.74 Å². The summed E-state index contributed by atoms with van der Waals surface area (Å²) in [6.45, 7) is 5.95. The van der Waals surface area contributed by atoms with Gasteiger partial charge in [-0.05, 0) is 24.8 Å². The van der Waals surface area contributed by atoms with Crippen LogP contribution in [0.25, 0.3) is 0 Å². The molecule has 1 N–H and O–H groups in total. The van der Waals surface area contributed by atoms with Crippen LogP contribution in [0.5, 0.6) is 0 Å². The van der Waals surface area contributed by atoms with Crippen LogP contribution in [0.4, 0.5) is 0 Å². The number of hydrogen-bond donors (Lipinski definition) is 1. The predicted molar refractivity (Wildman–Crippen MR) is 72.5 cm³/mol. The maximum absolute atomic E-state index is 5.95. The van der Waals surface area contributed by atoms with E-state index in [1.807, 2.05) is 23.1 Å². The minimum atomic E-state index is 0.492. The highest BCUT2D eigenvalue weighted by Gasteiger charge is 2.21. The molecule has 1 heterocycles. The Morgan fingerprint density at radius 1 is 1.33 bits per heavy atom. The average Bonchev–Trinajstić information content (AvgIpc) is 2.89. The molecule has 4 heteroatoms. The van der Waals surface area contributed by atoms with Crippen LogP contribution in [0.3, 0.4) is 0 Å². The van der Waals surface area contributed by atoms with E-state index in [2.05, 4.69) is 17.3 Å². The smallest absolute Gasteiger partial charge is 0.0601 e. The zero-order valence-corrected chi connectivity index (χ0v) is 11.3. The molecular weight excluding hydrogens is 226 g/mol. The number of nitrogens with one attached hydrogen (secondary N) is 1. The van der Waals surface area contributed by atoms with Crippen molar-refractivity contribution in [3.8, 4) is 0 Å². The zero-order chi connectivity index (χ0) is 12.6. The first-order chi connectivity index (χ1) is 8.86. The third kappa shape index (κ3) is 4.42. The molecule has 0 bridgehead atoms. The number of hydrogen-bond acceptors (Lipinski definition) is 3. The summed E-state index contributed by atoms with van der Waals surface area (Å²) in [6.07, 6.45) is 9.58. The Kier molecular flexibility index (Phi) is 5.68. The van der Waals surface area contributed by atoms with Crippen molar-refractivity contribution < 1.29 is 4.74 Å². The SMILES string of the molecule is C[C@H]1CCCC[C@@H]1OCCNCCn1cccn1. The van der Waals surface area contributed by atoms with E-state index in [-0.39, 0.29) is 0 Å². The Morgan fingerprint density at radius 2 is 2.22 bits per heavy atom. The fourth-order valence-electron chi connectivity index (χ4n) is 2.56. The molecule has 0 amide bonds. The van der Waals surface area contributed by atoms with Crippen LogP contribution in [0, 0.1) is 5.92 Å². The molecule has 2 atom stereocenters. The van der Waals surface area contributed by atoms with Crippen molar-refractivity contribution in [3.63, 3.8) is 0 Å². The Bertz CT molecular complexity index is 313. The van der Waals surface area contributed by atoms with Gasteiger partial charge in [-0.15, -0.1) is 0 Å². The van der Waals surface area contributed by atoms with E-state index in [1.54, 1.807) is 0 Å². The maximum Gasteiger partial charge on any atom is 0.0601 e. The Hall–Kier alpha value is -0.870. The summed E-state index contributed by atoms with van der Waals surface area (Å²) in [6, 6.07) is 1.95. The van der Waals surface area contributed by atoms with Crippen molar-refractivity contribution in [1.29, 1.82) is 0 Å². The summed E-state index contributed by atoms with van der Waals surface area (Å²) >= 11 is 0. The number of nitrogens with zero attached hydrogens (tertiary/aromatic N) is 2. The second-order valence-electron chi connectivity index (χ2n) is 5.19. The molecule has 2 rings (SSSR count). The molecule has 102 valence electrons. The van der Waals surface area contributed by atoms with Crippen molar-refractivity contribution >= 4 is 0 Å². The van der Waals surface area contributed by atoms with Crippen LogP contribution >= 0.6 is 0 Å². The molecule has 1 aromatic heterocycles. The van der Waals surface area contributed by atoms with Crippen LogP contribution in [0.1, 0.15) is 32.6 Å². The van der Waals surface area contributed by atoms with Crippen molar-refractivity contribution in [1.82, 2.24) is 15.1 Å². The van der Waals surface area contributed by atoms with E-state index in [0.717, 1.165) is 32.2 Å². The van der Waals surface area contributed by atoms with Gasteiger partial charge in [-0.3, -0.25) is 4.68 Å². The molecule has 1 aromatic rings. The third-order valence-corrected chi connectivity index (χ3v) is 3.72. The summed E-state index contributed by atoms with van der Waals surface area (Å²) in [4.78, 5) is 0. The van der Waals surface area contributed by atoms with Crippen LogP contribution < -0.4 is 5.32 Å². The minimum absolute atomic E-state index is 0.492. The van der Waals surface area contributed by atoms with Crippen LogP contribution in [0.2, 0.25) is 0 Å². The van der Waals surface area contributed by atoms with Gasteiger partial charge in [0.15, 0.2) is 0 Å². The van der Waals surface area contributed by atoms with Crippen molar-refractivity contribution in [2.45, 2.75) is 45.3 Å². The lowest BCUT2D eigenvalue weighted by Crippen LogP contribution is -2.30. The highest BCUT2D eigenvalue weighted by Crippen LogP contribution is 2.25. The third-order valence-electron chi connectivity index (χ3n) is 3.72. The predicted octanol–water partition coefficient (Wildman–Crippen LogP) is 2.07. The van der Waals surface area contributed by atoms with Crippen LogP contribution in [-0.4, -0.2) is 35.6 Å². The fraction of sp³-hybridized carbons (Fsp3) is 0.786. The zero-order valence-electron chi connectivity index (χ0n) is 11.3. The molecule has 1 aliphatic carbocycles. The molecule has 18 heavy (non-hydrogen) atoms. The molecule has 0 spiro atoms. The summed E-state index contributed by atoms with van der Waals surface area (Å²) < 4.78 is 7.89. The van der Waals surface area contributed by atoms with E-state index in [1.165, 1.54) is 25.7 Å². The first kappa shape index (κ1) is 13.6. The quantitative estimate of drug-likeness (QED) is 0.754. The molecule has 0 saturated heterocycles. The average molecular weight is 251 g/mol. The van der Waals surface area contributed by atoms with Gasteiger partial charge in [-0.2, -0.15) is 5.10 Å².